The van der Waals surface area contributed by atoms with E-state index in [1.54, 1.807) is 0 Å². The van der Waals surface area contributed by atoms with Crippen molar-refractivity contribution in [2.24, 2.45) is 85.8 Å². The summed E-state index contributed by atoms with van der Waals surface area (Å²) >= 11 is 0. The second kappa shape index (κ2) is 11.8. The number of carbonyl (C=O) groups excluding carboxylic acids is 7. The Morgan fingerprint density at radius 2 is 1.00 bits per heavy atom. The van der Waals surface area contributed by atoms with Crippen LogP contribution >= 0.6 is 0 Å². The second-order valence-electron chi connectivity index (χ2n) is 21.6. The van der Waals surface area contributed by atoms with E-state index in [-0.39, 0.29) is 107 Å². The largest absolute Gasteiger partial charge is 0.465 e. The molecule has 59 heavy (non-hydrogen) atoms. The number of halogens is 2. The minimum absolute atomic E-state index is 0.0957. The number of hydrogen-bond donors (Lipinski definition) is 1. The number of alkyl halides is 2. The molecule has 0 aliphatic heterocycles. The molecule has 12 aliphatic rings. The van der Waals surface area contributed by atoms with Crippen molar-refractivity contribution in [2.45, 2.75) is 102 Å². The fourth-order valence-electron chi connectivity index (χ4n) is 16.3. The lowest BCUT2D eigenvalue weighted by molar-refractivity contribution is -0.190. The molecule has 320 valence electrons. The van der Waals surface area contributed by atoms with E-state index in [9.17, 15) is 55.3 Å². The highest BCUT2D eigenvalue weighted by molar-refractivity contribution is 7.87. The molecule has 0 radical (unpaired) electrons. The molecule has 10 bridgehead atoms. The van der Waals surface area contributed by atoms with E-state index in [0.29, 0.717) is 57.8 Å². The number of Topliss-reactive ketones (excluding diaryl/α,β-unsaturated/α-hetero) is 3. The van der Waals surface area contributed by atoms with Gasteiger partial charge in [0.05, 0.1) is 16.2 Å². The van der Waals surface area contributed by atoms with E-state index in [2.05, 4.69) is 0 Å². The zero-order valence-electron chi connectivity index (χ0n) is 32.5. The number of ketones is 3. The van der Waals surface area contributed by atoms with Crippen LogP contribution in [0.5, 0.6) is 0 Å². The van der Waals surface area contributed by atoms with Gasteiger partial charge in [0.15, 0.2) is 0 Å². The summed E-state index contributed by atoms with van der Waals surface area (Å²) in [6, 6.07) is 0. The van der Waals surface area contributed by atoms with Crippen molar-refractivity contribution in [1.29, 1.82) is 0 Å². The zero-order chi connectivity index (χ0) is 41.5. The molecule has 12 unspecified atom stereocenters. The van der Waals surface area contributed by atoms with Gasteiger partial charge < -0.3 is 18.9 Å². The number of fused-ring (bicyclic) bond motifs is 4. The first-order valence-electron chi connectivity index (χ1n) is 21.3. The summed E-state index contributed by atoms with van der Waals surface area (Å²) in [4.78, 5) is 94.8. The summed E-state index contributed by atoms with van der Waals surface area (Å²) in [6.45, 7) is -3.52. The van der Waals surface area contributed by atoms with Crippen molar-refractivity contribution in [3.05, 3.63) is 0 Å². The third-order valence-electron chi connectivity index (χ3n) is 18.6. The van der Waals surface area contributed by atoms with Gasteiger partial charge in [0, 0.05) is 35.5 Å². The molecule has 12 saturated carbocycles. The van der Waals surface area contributed by atoms with Crippen molar-refractivity contribution in [1.82, 2.24) is 0 Å². The smallest absolute Gasteiger partial charge is 0.464 e. The van der Waals surface area contributed by atoms with Gasteiger partial charge in [-0.25, -0.2) is 4.79 Å². The Hall–Kier alpha value is -3.34. The van der Waals surface area contributed by atoms with Gasteiger partial charge in [0.1, 0.15) is 49.2 Å². The number of carbonyl (C=O) groups is 7. The average Bonchev–Trinajstić information content (AvgIpc) is 3.62. The van der Waals surface area contributed by atoms with Crippen LogP contribution in [-0.2, 0) is 62.6 Å². The van der Waals surface area contributed by atoms with Gasteiger partial charge in [0.25, 0.3) is 0 Å². The van der Waals surface area contributed by atoms with Gasteiger partial charge in [-0.15, -0.1) is 0 Å². The monoisotopic (exact) mass is 846 g/mol. The Balaban J connectivity index is 0.894. The van der Waals surface area contributed by atoms with Crippen LogP contribution in [0.1, 0.15) is 96.3 Å². The van der Waals surface area contributed by atoms with Crippen LogP contribution in [0.2, 0.25) is 0 Å². The van der Waals surface area contributed by atoms with Crippen molar-refractivity contribution in [3.63, 3.8) is 0 Å². The summed E-state index contributed by atoms with van der Waals surface area (Å²) in [5.41, 5.74) is -5.64. The van der Waals surface area contributed by atoms with Gasteiger partial charge in [-0.2, -0.15) is 17.2 Å². The number of esters is 4. The van der Waals surface area contributed by atoms with Crippen molar-refractivity contribution in [2.75, 3.05) is 26.4 Å². The summed E-state index contributed by atoms with van der Waals surface area (Å²) in [6.07, 6.45) is 7.63. The number of rotatable bonds is 13. The van der Waals surface area contributed by atoms with E-state index in [4.69, 9.17) is 18.9 Å². The summed E-state index contributed by atoms with van der Waals surface area (Å²) in [7, 11) is -6.29. The predicted octanol–water partition coefficient (Wildman–Crippen LogP) is 3.81. The van der Waals surface area contributed by atoms with Crippen LogP contribution in [0.25, 0.3) is 0 Å². The van der Waals surface area contributed by atoms with Crippen LogP contribution in [0.4, 0.5) is 8.78 Å². The number of ether oxygens (including phenoxy) is 4. The van der Waals surface area contributed by atoms with Crippen molar-refractivity contribution >= 4 is 51.3 Å². The molecule has 0 heterocycles. The predicted molar refractivity (Wildman–Crippen MR) is 191 cm³/mol. The molecule has 1 N–H and O–H groups in total. The molecular formula is C42H48F2O14S. The Labute approximate surface area is 338 Å². The SMILES string of the molecule is O=C1C2CC3CC1CC(C(=O)OCC(COC(=O)C14CC5CC6(C1)C(CC6C5=O)C4)(COC(=O)C14CC5CC6(C1)C(CC6C5=O)C4)COC(=O)C(F)(F)S(=O)(=O)O)(C3)C2. The molecule has 17 heteroatoms. The topological polar surface area (TPSA) is 211 Å². The van der Waals surface area contributed by atoms with E-state index in [0.717, 1.165) is 12.8 Å². The molecule has 2 spiro atoms. The number of hydrogen-bond acceptors (Lipinski definition) is 13. The molecule has 12 atom stereocenters. The quantitative estimate of drug-likeness (QED) is 0.159. The first-order valence-corrected chi connectivity index (χ1v) is 22.8. The highest BCUT2D eigenvalue weighted by atomic mass is 32.2. The maximum absolute atomic E-state index is 14.6. The van der Waals surface area contributed by atoms with Gasteiger partial charge in [-0.3, -0.25) is 33.3 Å². The van der Waals surface area contributed by atoms with E-state index in [1.807, 2.05) is 0 Å². The molecule has 12 aliphatic carbocycles. The average molecular weight is 847 g/mol. The fourth-order valence-corrected chi connectivity index (χ4v) is 16.6. The van der Waals surface area contributed by atoms with Crippen molar-refractivity contribution < 1.29 is 74.3 Å². The third-order valence-corrected chi connectivity index (χ3v) is 19.4. The normalized spacial score (nSPS) is 47.0. The van der Waals surface area contributed by atoms with E-state index in [1.165, 1.54) is 0 Å². The van der Waals surface area contributed by atoms with Crippen LogP contribution < -0.4 is 0 Å². The van der Waals surface area contributed by atoms with Crippen LogP contribution in [0.15, 0.2) is 0 Å². The Morgan fingerprint density at radius 1 is 0.576 bits per heavy atom. The molecule has 0 saturated heterocycles. The Morgan fingerprint density at radius 3 is 1.46 bits per heavy atom. The fraction of sp³-hybridized carbons (Fsp3) is 0.833. The maximum Gasteiger partial charge on any atom is 0.465 e. The van der Waals surface area contributed by atoms with Crippen LogP contribution in [0.3, 0.4) is 0 Å². The minimum Gasteiger partial charge on any atom is -0.464 e. The second-order valence-corrected chi connectivity index (χ2v) is 23.1. The summed E-state index contributed by atoms with van der Waals surface area (Å²) in [5, 5.41) is -5.40. The summed E-state index contributed by atoms with van der Waals surface area (Å²) in [5.74, 6) is -5.17. The molecule has 12 rings (SSSR count). The van der Waals surface area contributed by atoms with Gasteiger partial charge in [0.2, 0.25) is 0 Å². The molecule has 12 fully saturated rings. The minimum atomic E-state index is -6.29. The molecule has 0 amide bonds. The van der Waals surface area contributed by atoms with Crippen LogP contribution in [0, 0.1) is 85.8 Å². The maximum atomic E-state index is 14.6. The van der Waals surface area contributed by atoms with Crippen LogP contribution in [-0.4, -0.2) is 85.9 Å². The van der Waals surface area contributed by atoms with Gasteiger partial charge in [-0.1, -0.05) is 0 Å². The molecule has 14 nitrogen and oxygen atoms in total. The standard InChI is InChI=1S/C42H48F2O14S/c43-42(44,59(52,53)54)35(51)58-19-36(16-55-32(48)37-5-20-1-21(6-37)29(45)22(2-20)7-37,17-56-33(49)38-8-23-10-40(14-38)25(12-38)3-27(40)30(23)46)18-57-34(50)39-9-24-11-41(15-39)26(13-39)4-28(41)31(24)47/h20-28H,1-19H2,(H,52,53,54). The van der Waals surface area contributed by atoms with Gasteiger partial charge in [-0.05, 0) is 125 Å². The lowest BCUT2D eigenvalue weighted by Crippen LogP contribution is -2.55. The van der Waals surface area contributed by atoms with Gasteiger partial charge >= 0.3 is 39.2 Å². The lowest BCUT2D eigenvalue weighted by Gasteiger charge is -2.54. The summed E-state index contributed by atoms with van der Waals surface area (Å²) < 4.78 is 84.4. The molecular weight excluding hydrogens is 799 g/mol. The van der Waals surface area contributed by atoms with E-state index < -0.39 is 87.3 Å². The van der Waals surface area contributed by atoms with E-state index >= 15 is 0 Å². The lowest BCUT2D eigenvalue weighted by atomic mass is 9.49. The Kier molecular flexibility index (Phi) is 7.69. The third kappa shape index (κ3) is 4.97. The molecule has 0 aromatic heterocycles. The highest BCUT2D eigenvalue weighted by Crippen LogP contribution is 2.79. The molecule has 0 aromatic rings. The first-order chi connectivity index (χ1) is 27.7. The zero-order valence-corrected chi connectivity index (χ0v) is 33.4. The van der Waals surface area contributed by atoms with Crippen molar-refractivity contribution in [3.8, 4) is 0 Å². The first kappa shape index (κ1) is 38.6. The highest BCUT2D eigenvalue weighted by Gasteiger charge is 2.77. The Bertz CT molecular complexity index is 2050. The molecule has 0 aromatic carbocycles.